The van der Waals surface area contributed by atoms with Crippen molar-refractivity contribution in [3.63, 3.8) is 0 Å². The van der Waals surface area contributed by atoms with Crippen LogP contribution in [0.3, 0.4) is 0 Å². The number of phenolic OH excluding ortho intramolecular Hbond substituents is 1. The van der Waals surface area contributed by atoms with Crippen molar-refractivity contribution in [3.05, 3.63) is 58.1 Å². The molecule has 0 aromatic heterocycles. The molecule has 2 aromatic rings. The van der Waals surface area contributed by atoms with Crippen molar-refractivity contribution < 1.29 is 18.4 Å². The Morgan fingerprint density at radius 3 is 2.43 bits per heavy atom. The predicted molar refractivity (Wildman–Crippen MR) is 83.8 cm³/mol. The van der Waals surface area contributed by atoms with Crippen LogP contribution in [0.1, 0.15) is 5.56 Å². The lowest BCUT2D eigenvalue weighted by Crippen LogP contribution is -2.11. The quantitative estimate of drug-likeness (QED) is 0.427. The van der Waals surface area contributed by atoms with Gasteiger partial charge >= 0.3 is 0 Å². The zero-order valence-electron chi connectivity index (χ0n) is 11.6. The molecule has 0 fully saturated rings. The van der Waals surface area contributed by atoms with E-state index in [0.29, 0.717) is 5.69 Å². The number of nitrogens with zero attached hydrogens (tertiary/aromatic N) is 2. The third-order valence-corrected chi connectivity index (χ3v) is 3.73. The van der Waals surface area contributed by atoms with E-state index in [0.717, 1.165) is 0 Å². The Morgan fingerprint density at radius 1 is 1.22 bits per heavy atom. The van der Waals surface area contributed by atoms with Crippen LogP contribution in [0.25, 0.3) is 0 Å². The summed E-state index contributed by atoms with van der Waals surface area (Å²) in [7, 11) is -3.76. The number of non-ortho nitro benzene ring substituents is 1. The Bertz CT molecular complexity index is 862. The Morgan fingerprint density at radius 2 is 1.87 bits per heavy atom. The molecule has 9 nitrogen and oxygen atoms in total. The first-order chi connectivity index (χ1) is 10.8. The lowest BCUT2D eigenvalue weighted by Gasteiger charge is -2.02. The number of nitrogens with one attached hydrogen (secondary N) is 1. The molecule has 0 radical (unpaired) electrons. The topological polar surface area (TPSA) is 148 Å². The molecule has 0 heterocycles. The highest BCUT2D eigenvalue weighted by Gasteiger charge is 2.09. The second kappa shape index (κ2) is 6.42. The molecule has 0 saturated carbocycles. The van der Waals surface area contributed by atoms with E-state index in [4.69, 9.17) is 5.14 Å². The minimum absolute atomic E-state index is 0.0386. The van der Waals surface area contributed by atoms with Gasteiger partial charge in [0.25, 0.3) is 5.69 Å². The number of nitro benzene ring substituents is 1. The number of sulfonamides is 1. The predicted octanol–water partition coefficient (Wildman–Crippen LogP) is 1.39. The van der Waals surface area contributed by atoms with Gasteiger partial charge in [-0.2, -0.15) is 5.10 Å². The number of hydrogen-bond donors (Lipinski definition) is 3. The maximum atomic E-state index is 11.1. The number of nitro groups is 1. The van der Waals surface area contributed by atoms with E-state index in [2.05, 4.69) is 10.5 Å². The van der Waals surface area contributed by atoms with Crippen LogP contribution in [0.15, 0.2) is 52.5 Å². The number of benzene rings is 2. The number of hydrazone groups is 1. The summed E-state index contributed by atoms with van der Waals surface area (Å²) in [5.41, 5.74) is 3.05. The zero-order chi connectivity index (χ0) is 17.0. The molecule has 0 aliphatic rings. The molecular formula is C13H12N4O5S. The summed E-state index contributed by atoms with van der Waals surface area (Å²) in [6.07, 6.45) is 1.20. The highest BCUT2D eigenvalue weighted by molar-refractivity contribution is 7.89. The fourth-order valence-corrected chi connectivity index (χ4v) is 2.17. The van der Waals surface area contributed by atoms with Crippen LogP contribution in [0, 0.1) is 10.1 Å². The van der Waals surface area contributed by atoms with Crippen LogP contribution in [0.4, 0.5) is 11.4 Å². The zero-order valence-corrected chi connectivity index (χ0v) is 12.4. The van der Waals surface area contributed by atoms with Crippen molar-refractivity contribution in [2.45, 2.75) is 4.90 Å². The molecule has 0 aliphatic carbocycles. The van der Waals surface area contributed by atoms with Crippen molar-refractivity contribution in [3.8, 4) is 5.75 Å². The smallest absolute Gasteiger partial charge is 0.270 e. The van der Waals surface area contributed by atoms with Crippen molar-refractivity contribution in [1.29, 1.82) is 0 Å². The minimum Gasteiger partial charge on any atom is -0.507 e. The molecule has 0 spiro atoms. The summed E-state index contributed by atoms with van der Waals surface area (Å²) in [4.78, 5) is 10.1. The molecule has 120 valence electrons. The maximum absolute atomic E-state index is 11.1. The molecule has 0 aliphatic heterocycles. The first-order valence-corrected chi connectivity index (χ1v) is 7.71. The van der Waals surface area contributed by atoms with Crippen LogP contribution in [-0.4, -0.2) is 24.7 Å². The first kappa shape index (κ1) is 16.4. The molecule has 0 atom stereocenters. The van der Waals surface area contributed by atoms with Gasteiger partial charge in [-0.05, 0) is 30.3 Å². The summed E-state index contributed by atoms with van der Waals surface area (Å²) >= 11 is 0. The molecule has 0 saturated heterocycles. The van der Waals surface area contributed by atoms with E-state index >= 15 is 0 Å². The molecule has 23 heavy (non-hydrogen) atoms. The van der Waals surface area contributed by atoms with Gasteiger partial charge in [-0.25, -0.2) is 13.6 Å². The molecule has 2 rings (SSSR count). The Kier molecular flexibility index (Phi) is 4.57. The molecule has 10 heteroatoms. The number of nitrogens with two attached hydrogens (primary N) is 1. The van der Waals surface area contributed by atoms with E-state index in [1.54, 1.807) is 0 Å². The Hall–Kier alpha value is -2.98. The fraction of sp³-hybridized carbons (Fsp3) is 0. The highest BCUT2D eigenvalue weighted by Crippen LogP contribution is 2.21. The normalized spacial score (nSPS) is 11.5. The van der Waals surface area contributed by atoms with E-state index in [-0.39, 0.29) is 21.9 Å². The average Bonchev–Trinajstić information content (AvgIpc) is 2.48. The van der Waals surface area contributed by atoms with Gasteiger partial charge in [-0.3, -0.25) is 15.5 Å². The van der Waals surface area contributed by atoms with Gasteiger partial charge in [0.15, 0.2) is 0 Å². The molecular weight excluding hydrogens is 324 g/mol. The maximum Gasteiger partial charge on any atom is 0.270 e. The average molecular weight is 336 g/mol. The number of primary sulfonamides is 1. The van der Waals surface area contributed by atoms with E-state index in [1.807, 2.05) is 0 Å². The Labute approximate surface area is 131 Å². The van der Waals surface area contributed by atoms with Gasteiger partial charge in [0, 0.05) is 17.7 Å². The second-order valence-corrected chi connectivity index (χ2v) is 6.00. The summed E-state index contributed by atoms with van der Waals surface area (Å²) < 4.78 is 22.2. The largest absolute Gasteiger partial charge is 0.507 e. The van der Waals surface area contributed by atoms with Crippen LogP contribution >= 0.6 is 0 Å². The van der Waals surface area contributed by atoms with Crippen molar-refractivity contribution >= 4 is 27.6 Å². The minimum atomic E-state index is -3.76. The summed E-state index contributed by atoms with van der Waals surface area (Å²) in [5, 5.41) is 29.1. The van der Waals surface area contributed by atoms with Crippen molar-refractivity contribution in [1.82, 2.24) is 0 Å². The third-order valence-electron chi connectivity index (χ3n) is 2.80. The van der Waals surface area contributed by atoms with Crippen LogP contribution < -0.4 is 10.6 Å². The van der Waals surface area contributed by atoms with Crippen LogP contribution in [0.2, 0.25) is 0 Å². The second-order valence-electron chi connectivity index (χ2n) is 4.44. The number of anilines is 1. The SMILES string of the molecule is NS(=O)(=O)c1ccc(NN=Cc2cc([N+](=O)[O-])ccc2O)cc1. The monoisotopic (exact) mass is 336 g/mol. The van der Waals surface area contributed by atoms with Gasteiger partial charge in [-0.1, -0.05) is 0 Å². The van der Waals surface area contributed by atoms with Gasteiger partial charge < -0.3 is 5.11 Å². The number of phenols is 1. The van der Waals surface area contributed by atoms with E-state index < -0.39 is 14.9 Å². The lowest BCUT2D eigenvalue weighted by molar-refractivity contribution is -0.384. The van der Waals surface area contributed by atoms with Crippen molar-refractivity contribution in [2.24, 2.45) is 10.2 Å². The number of aromatic hydroxyl groups is 1. The molecule has 0 bridgehead atoms. The van der Waals surface area contributed by atoms with Gasteiger partial charge in [-0.15, -0.1) is 0 Å². The van der Waals surface area contributed by atoms with Crippen molar-refractivity contribution in [2.75, 3.05) is 5.43 Å². The molecule has 0 amide bonds. The van der Waals surface area contributed by atoms with Gasteiger partial charge in [0.2, 0.25) is 10.0 Å². The van der Waals surface area contributed by atoms with E-state index in [9.17, 15) is 23.6 Å². The first-order valence-electron chi connectivity index (χ1n) is 6.17. The summed E-state index contributed by atoms with van der Waals surface area (Å²) in [6, 6.07) is 9.04. The number of hydrogen-bond acceptors (Lipinski definition) is 7. The van der Waals surface area contributed by atoms with Gasteiger partial charge in [0.1, 0.15) is 5.75 Å². The lowest BCUT2D eigenvalue weighted by atomic mass is 10.2. The fourth-order valence-electron chi connectivity index (χ4n) is 1.65. The molecule has 2 aromatic carbocycles. The Balaban J connectivity index is 2.13. The molecule has 4 N–H and O–H groups in total. The van der Waals surface area contributed by atoms with Crippen LogP contribution in [-0.2, 0) is 10.0 Å². The number of rotatable bonds is 5. The molecule has 0 unspecified atom stereocenters. The van der Waals surface area contributed by atoms with E-state index in [1.165, 1.54) is 48.7 Å². The summed E-state index contributed by atoms with van der Waals surface area (Å²) in [5.74, 6) is -0.161. The van der Waals surface area contributed by atoms with Crippen LogP contribution in [0.5, 0.6) is 5.75 Å². The third kappa shape index (κ3) is 4.25. The highest BCUT2D eigenvalue weighted by atomic mass is 32.2. The standard InChI is InChI=1S/C13H12N4O5S/c14-23(21,22)12-4-1-10(2-5-12)16-15-8-9-7-11(17(19)20)3-6-13(9)18/h1-8,16,18H,(H2,14,21,22). The van der Waals surface area contributed by atoms with Gasteiger partial charge in [0.05, 0.1) is 21.7 Å². The summed E-state index contributed by atoms with van der Waals surface area (Å²) in [6.45, 7) is 0.